The first kappa shape index (κ1) is 29.8. The molecule has 2 aromatic rings. The lowest BCUT2D eigenvalue weighted by molar-refractivity contribution is -0.164. The van der Waals surface area contributed by atoms with Crippen LogP contribution in [-0.2, 0) is 36.8 Å². The lowest BCUT2D eigenvalue weighted by atomic mass is 9.97. The summed E-state index contributed by atoms with van der Waals surface area (Å²) in [6.07, 6.45) is 0.826. The molecule has 0 radical (unpaired) electrons. The molecule has 3 saturated heterocycles. The molecule has 0 bridgehead atoms. The summed E-state index contributed by atoms with van der Waals surface area (Å²) in [6.45, 7) is 2.05. The number of hydrazine groups is 2. The van der Waals surface area contributed by atoms with Crippen molar-refractivity contribution in [3.63, 3.8) is 0 Å². The number of hydrogen-bond donors (Lipinski definition) is 4. The summed E-state index contributed by atoms with van der Waals surface area (Å²) < 4.78 is 5.23. The number of imide groups is 2. The Morgan fingerprint density at radius 1 is 0.756 bits per heavy atom. The van der Waals surface area contributed by atoms with Gasteiger partial charge in [0, 0.05) is 52.2 Å². The van der Waals surface area contributed by atoms with Crippen LogP contribution < -0.4 is 0 Å². The van der Waals surface area contributed by atoms with Gasteiger partial charge in [0.05, 0.1) is 25.0 Å². The number of ether oxygens (including phenoxy) is 1. The molecular weight excluding hydrogens is 536 g/mol. The van der Waals surface area contributed by atoms with Gasteiger partial charge in [0.25, 0.3) is 0 Å². The summed E-state index contributed by atoms with van der Waals surface area (Å²) in [5.74, 6) is -2.10. The number of aromatic hydroxyl groups is 4. The number of phenols is 4. The van der Waals surface area contributed by atoms with E-state index in [1.54, 1.807) is 31.2 Å². The molecule has 13 nitrogen and oxygen atoms in total. The summed E-state index contributed by atoms with van der Waals surface area (Å²) >= 11 is 0. The van der Waals surface area contributed by atoms with Crippen molar-refractivity contribution < 1.29 is 44.3 Å². The Hall–Kier alpha value is -4.20. The Morgan fingerprint density at radius 3 is 1.71 bits per heavy atom. The summed E-state index contributed by atoms with van der Waals surface area (Å²) in [5, 5.41) is 43.6. The number of morpholine rings is 1. The molecule has 2 atom stereocenters. The van der Waals surface area contributed by atoms with E-state index in [1.165, 1.54) is 34.3 Å². The highest BCUT2D eigenvalue weighted by atomic mass is 16.5. The largest absolute Gasteiger partial charge is 0.508 e. The van der Waals surface area contributed by atoms with Crippen LogP contribution in [0.15, 0.2) is 36.4 Å². The third-order valence-electron chi connectivity index (χ3n) is 7.17. The normalized spacial score (nSPS) is 21.5. The second-order valence-electron chi connectivity index (χ2n) is 10.3. The molecule has 0 aromatic heterocycles. The van der Waals surface area contributed by atoms with Crippen molar-refractivity contribution in [1.29, 1.82) is 0 Å². The summed E-state index contributed by atoms with van der Waals surface area (Å²) in [4.78, 5) is 48.4. The highest BCUT2D eigenvalue weighted by Gasteiger charge is 2.42. The number of rotatable bonds is 6. The second-order valence-corrected chi connectivity index (χ2v) is 10.3. The third-order valence-corrected chi connectivity index (χ3v) is 7.17. The molecular formula is C28H34N4O9. The fourth-order valence-electron chi connectivity index (χ4n) is 5.13. The van der Waals surface area contributed by atoms with Crippen molar-refractivity contribution >= 4 is 23.6 Å². The minimum Gasteiger partial charge on any atom is -0.508 e. The first-order chi connectivity index (χ1) is 19.5. The van der Waals surface area contributed by atoms with Crippen LogP contribution in [0.25, 0.3) is 0 Å². The van der Waals surface area contributed by atoms with E-state index in [4.69, 9.17) is 4.74 Å². The lowest BCUT2D eigenvalue weighted by Crippen LogP contribution is -2.51. The zero-order valence-electron chi connectivity index (χ0n) is 22.9. The highest BCUT2D eigenvalue weighted by Crippen LogP contribution is 2.31. The number of benzene rings is 2. The van der Waals surface area contributed by atoms with Crippen LogP contribution in [0.5, 0.6) is 23.0 Å². The quantitative estimate of drug-likeness (QED) is 0.361. The fraction of sp³-hybridized carbons (Fsp3) is 0.429. The first-order valence-corrected chi connectivity index (χ1v) is 13.2. The van der Waals surface area contributed by atoms with Crippen LogP contribution >= 0.6 is 0 Å². The van der Waals surface area contributed by atoms with Crippen molar-refractivity contribution in [1.82, 2.24) is 20.0 Å². The monoisotopic (exact) mass is 570 g/mol. The molecule has 41 heavy (non-hydrogen) atoms. The molecule has 2 unspecified atom stereocenters. The average Bonchev–Trinajstić information content (AvgIpc) is 3.36. The number of hydrogen-bond acceptors (Lipinski definition) is 11. The summed E-state index contributed by atoms with van der Waals surface area (Å²) in [7, 11) is 3.27. The Bertz CT molecular complexity index is 1330. The van der Waals surface area contributed by atoms with Crippen LogP contribution in [0.4, 0.5) is 0 Å². The maximum Gasteiger partial charge on any atom is 0.247 e. The van der Waals surface area contributed by atoms with Crippen molar-refractivity contribution in [2.24, 2.45) is 11.8 Å². The van der Waals surface area contributed by atoms with Gasteiger partial charge in [-0.15, -0.1) is 0 Å². The molecule has 220 valence electrons. The highest BCUT2D eigenvalue weighted by molar-refractivity contribution is 6.03. The van der Waals surface area contributed by atoms with Crippen LogP contribution in [-0.4, -0.2) is 104 Å². The van der Waals surface area contributed by atoms with Gasteiger partial charge in [0.15, 0.2) is 0 Å². The predicted octanol–water partition coefficient (Wildman–Crippen LogP) is 0.755. The Balaban J connectivity index is 0.000000191. The van der Waals surface area contributed by atoms with E-state index in [0.717, 1.165) is 5.01 Å². The van der Waals surface area contributed by atoms with Crippen molar-refractivity contribution in [3.05, 3.63) is 47.5 Å². The molecule has 3 fully saturated rings. The van der Waals surface area contributed by atoms with Gasteiger partial charge in [-0.1, -0.05) is 12.1 Å². The van der Waals surface area contributed by atoms with Gasteiger partial charge in [0.2, 0.25) is 23.6 Å². The zero-order valence-corrected chi connectivity index (χ0v) is 22.9. The Kier molecular flexibility index (Phi) is 9.11. The van der Waals surface area contributed by atoms with Gasteiger partial charge < -0.3 is 25.2 Å². The first-order valence-electron chi connectivity index (χ1n) is 13.2. The van der Waals surface area contributed by atoms with E-state index >= 15 is 0 Å². The standard InChI is InChI=1S/C15H18N2O5.C13H16N2O4/c18-12-2-1-10(13(19)9-12)7-11-8-14(20)17(15(11)21)16-3-5-22-6-4-16;1-14(2)15-12(18)6-9(13(15)19)5-8-3-4-10(16)7-11(8)17/h1-2,9,11,18-19H,3-8H2;3-4,7,9,16-17H,5-6H2,1-2H3. The lowest BCUT2D eigenvalue weighted by Gasteiger charge is -2.33. The maximum atomic E-state index is 12.5. The minimum atomic E-state index is -0.481. The van der Waals surface area contributed by atoms with Crippen molar-refractivity contribution in [3.8, 4) is 23.0 Å². The van der Waals surface area contributed by atoms with E-state index in [9.17, 15) is 39.6 Å². The van der Waals surface area contributed by atoms with Crippen molar-refractivity contribution in [2.45, 2.75) is 25.7 Å². The van der Waals surface area contributed by atoms with Gasteiger partial charge in [-0.05, 0) is 36.1 Å². The van der Waals surface area contributed by atoms with Crippen LogP contribution in [0, 0.1) is 11.8 Å². The van der Waals surface area contributed by atoms with Crippen LogP contribution in [0.1, 0.15) is 24.0 Å². The number of carbonyl (C=O) groups is 4. The molecule has 0 spiro atoms. The molecule has 2 aromatic carbocycles. The maximum absolute atomic E-state index is 12.5. The minimum absolute atomic E-state index is 0.0370. The molecule has 4 amide bonds. The smallest absolute Gasteiger partial charge is 0.247 e. The summed E-state index contributed by atoms with van der Waals surface area (Å²) in [6, 6.07) is 8.48. The summed E-state index contributed by atoms with van der Waals surface area (Å²) in [5.41, 5.74) is 1.09. The number of carbonyl (C=O) groups excluding carboxylic acids is 4. The van der Waals surface area contributed by atoms with Gasteiger partial charge in [-0.25, -0.2) is 20.0 Å². The van der Waals surface area contributed by atoms with Gasteiger partial charge in [-0.2, -0.15) is 0 Å². The van der Waals surface area contributed by atoms with E-state index in [2.05, 4.69) is 0 Å². The molecule has 0 saturated carbocycles. The average molecular weight is 571 g/mol. The Labute approximate surface area is 236 Å². The SMILES string of the molecule is CN(C)N1C(=O)CC(Cc2ccc(O)cc2O)C1=O.O=C1CC(Cc2ccc(O)cc2O)C(=O)N1N1CCOCC1. The molecule has 5 rings (SSSR count). The van der Waals surface area contributed by atoms with E-state index in [-0.39, 0.29) is 72.3 Å². The number of phenolic OH excluding ortho intramolecular Hbond substituents is 4. The third kappa shape index (κ3) is 6.76. The second kappa shape index (κ2) is 12.5. The number of amides is 4. The zero-order chi connectivity index (χ0) is 29.8. The van der Waals surface area contributed by atoms with Crippen molar-refractivity contribution in [2.75, 3.05) is 40.4 Å². The van der Waals surface area contributed by atoms with Crippen LogP contribution in [0.3, 0.4) is 0 Å². The molecule has 13 heteroatoms. The van der Waals surface area contributed by atoms with E-state index in [0.29, 0.717) is 37.4 Å². The van der Waals surface area contributed by atoms with E-state index in [1.807, 2.05) is 0 Å². The Morgan fingerprint density at radius 2 is 1.24 bits per heavy atom. The van der Waals surface area contributed by atoms with Gasteiger partial charge in [0.1, 0.15) is 23.0 Å². The topological polar surface area (TPSA) is 171 Å². The molecule has 3 aliphatic rings. The van der Waals surface area contributed by atoms with Gasteiger partial charge >= 0.3 is 0 Å². The fourth-order valence-corrected chi connectivity index (χ4v) is 5.13. The van der Waals surface area contributed by atoms with Crippen LogP contribution in [0.2, 0.25) is 0 Å². The molecule has 0 aliphatic carbocycles. The predicted molar refractivity (Wildman–Crippen MR) is 143 cm³/mol. The number of nitrogens with zero attached hydrogens (tertiary/aromatic N) is 4. The van der Waals surface area contributed by atoms with E-state index < -0.39 is 11.8 Å². The molecule has 3 heterocycles. The molecule has 4 N–H and O–H groups in total. The molecule has 3 aliphatic heterocycles. The van der Waals surface area contributed by atoms with Gasteiger partial charge in [-0.3, -0.25) is 19.2 Å².